The first kappa shape index (κ1) is 30.2. The summed E-state index contributed by atoms with van der Waals surface area (Å²) in [6.07, 6.45) is 0. The topological polar surface area (TPSA) is 0 Å². The van der Waals surface area contributed by atoms with Crippen LogP contribution < -0.4 is 0 Å². The van der Waals surface area contributed by atoms with Crippen LogP contribution in [0.15, 0.2) is 182 Å². The first-order valence-corrected chi connectivity index (χ1v) is 18.7. The maximum Gasteiger partial charge on any atom is 0.0159 e. The van der Waals surface area contributed by atoms with Crippen LogP contribution in [-0.4, -0.2) is 0 Å². The zero-order chi connectivity index (χ0) is 35.3. The Balaban J connectivity index is 1.20. The van der Waals surface area contributed by atoms with Gasteiger partial charge in [0.05, 0.1) is 0 Å². The van der Waals surface area contributed by atoms with Crippen LogP contribution in [0.3, 0.4) is 0 Å². The summed E-state index contributed by atoms with van der Waals surface area (Å²) in [5.74, 6) is 0. The molecular weight excluding hydrogens is 637 g/mol. The molecule has 0 nitrogen and oxygen atoms in total. The monoisotopic (exact) mass is 672 g/mol. The first-order chi connectivity index (χ1) is 26.1. The summed E-state index contributed by atoms with van der Waals surface area (Å²) in [5, 5.41) is 13.0. The maximum absolute atomic E-state index is 2.47. The van der Waals surface area contributed by atoms with Crippen LogP contribution in [0.5, 0.6) is 0 Å². The second-order valence-electron chi connectivity index (χ2n) is 15.2. The highest BCUT2D eigenvalue weighted by Crippen LogP contribution is 2.51. The number of hydrogen-bond donors (Lipinski definition) is 0. The fraction of sp³-hybridized carbons (Fsp3) is 0.0566. The van der Waals surface area contributed by atoms with E-state index in [1.165, 1.54) is 109 Å². The average Bonchev–Trinajstić information content (AvgIpc) is 3.45. The van der Waals surface area contributed by atoms with Crippen LogP contribution in [0.1, 0.15) is 25.0 Å². The minimum absolute atomic E-state index is 0.0516. The Labute approximate surface area is 309 Å². The van der Waals surface area contributed by atoms with Crippen LogP contribution >= 0.6 is 0 Å². The first-order valence-electron chi connectivity index (χ1n) is 18.7. The highest BCUT2D eigenvalue weighted by atomic mass is 14.4. The lowest BCUT2D eigenvalue weighted by molar-refractivity contribution is 0.660. The largest absolute Gasteiger partial charge is 0.0622 e. The lowest BCUT2D eigenvalue weighted by Crippen LogP contribution is -2.14. The Hall–Kier alpha value is -6.50. The van der Waals surface area contributed by atoms with E-state index in [4.69, 9.17) is 0 Å². The van der Waals surface area contributed by atoms with Gasteiger partial charge in [0.25, 0.3) is 0 Å². The molecule has 0 saturated heterocycles. The van der Waals surface area contributed by atoms with E-state index in [-0.39, 0.29) is 5.41 Å². The van der Waals surface area contributed by atoms with Gasteiger partial charge in [0.15, 0.2) is 0 Å². The van der Waals surface area contributed by atoms with E-state index in [0.29, 0.717) is 0 Å². The Bertz CT molecular complexity index is 3120. The third-order valence-electron chi connectivity index (χ3n) is 12.0. The molecule has 0 radical (unpaired) electrons. The fourth-order valence-corrected chi connectivity index (χ4v) is 9.51. The SMILES string of the molecule is CC1(C)c2ccccc2-c2ccc(-c3ccccc3-c3ccc4c5ccc(-c6ccccc6)cc5c5c6ccccc6c6ccccc6c5c4c3)cc21. The van der Waals surface area contributed by atoms with Crippen LogP contribution in [0, 0.1) is 0 Å². The molecule has 0 saturated carbocycles. The summed E-state index contributed by atoms with van der Waals surface area (Å²) in [7, 11) is 0. The standard InChI is InChI=1S/C53H36/c1-53(2)49-23-13-12-20-43(49)44-29-26-36(32-50(44)53)38-17-7-6-16-37(38)35-25-28-42-41-27-24-34(33-14-4-3-5-15-33)30-47(41)51-45-21-10-8-18-39(45)40-19-9-11-22-46(40)52(51)48(42)31-35/h3-32H,1-2H3. The molecule has 0 unspecified atom stereocenters. The fourth-order valence-electron chi connectivity index (χ4n) is 9.51. The molecule has 53 heavy (non-hydrogen) atoms. The van der Waals surface area contributed by atoms with Crippen LogP contribution in [0.25, 0.3) is 98.4 Å². The van der Waals surface area contributed by atoms with E-state index >= 15 is 0 Å². The van der Waals surface area contributed by atoms with Crippen LogP contribution in [0.2, 0.25) is 0 Å². The van der Waals surface area contributed by atoms with E-state index in [1.54, 1.807) is 0 Å². The molecular formula is C53H36. The second-order valence-corrected chi connectivity index (χ2v) is 15.2. The quantitative estimate of drug-likeness (QED) is 0.164. The number of rotatable bonds is 3. The Morgan fingerprint density at radius 2 is 0.698 bits per heavy atom. The van der Waals surface area contributed by atoms with Crippen molar-refractivity contribution in [2.75, 3.05) is 0 Å². The molecule has 0 heteroatoms. The molecule has 0 aliphatic heterocycles. The summed E-state index contributed by atoms with van der Waals surface area (Å²) in [6.45, 7) is 4.73. The number of hydrogen-bond acceptors (Lipinski definition) is 0. The minimum Gasteiger partial charge on any atom is -0.0622 e. The van der Waals surface area contributed by atoms with Crippen molar-refractivity contribution in [3.8, 4) is 44.5 Å². The van der Waals surface area contributed by atoms with Crippen molar-refractivity contribution >= 4 is 53.9 Å². The molecule has 10 aromatic carbocycles. The number of fused-ring (bicyclic) bond motifs is 14. The summed E-state index contributed by atoms with van der Waals surface area (Å²) < 4.78 is 0. The molecule has 0 heterocycles. The molecule has 1 aliphatic carbocycles. The summed E-state index contributed by atoms with van der Waals surface area (Å²) in [4.78, 5) is 0. The molecule has 0 N–H and O–H groups in total. The molecule has 0 bridgehead atoms. The van der Waals surface area contributed by atoms with Crippen LogP contribution in [0.4, 0.5) is 0 Å². The highest BCUT2D eigenvalue weighted by molar-refractivity contribution is 6.39. The van der Waals surface area contributed by atoms with Gasteiger partial charge in [-0.3, -0.25) is 0 Å². The van der Waals surface area contributed by atoms with Crippen molar-refractivity contribution in [3.05, 3.63) is 193 Å². The maximum atomic E-state index is 2.47. The van der Waals surface area contributed by atoms with E-state index in [2.05, 4.69) is 196 Å². The van der Waals surface area contributed by atoms with Crippen molar-refractivity contribution in [2.24, 2.45) is 0 Å². The van der Waals surface area contributed by atoms with Crippen molar-refractivity contribution < 1.29 is 0 Å². The third kappa shape index (κ3) is 4.36. The molecule has 0 atom stereocenters. The van der Waals surface area contributed by atoms with Gasteiger partial charge in [-0.2, -0.15) is 0 Å². The van der Waals surface area contributed by atoms with Gasteiger partial charge in [-0.15, -0.1) is 0 Å². The zero-order valence-electron chi connectivity index (χ0n) is 29.8. The van der Waals surface area contributed by atoms with Gasteiger partial charge in [-0.25, -0.2) is 0 Å². The Morgan fingerprint density at radius 3 is 1.34 bits per heavy atom. The third-order valence-corrected chi connectivity index (χ3v) is 12.0. The molecule has 0 spiro atoms. The van der Waals surface area contributed by atoms with E-state index in [9.17, 15) is 0 Å². The lowest BCUT2D eigenvalue weighted by atomic mass is 9.81. The molecule has 0 fully saturated rings. The van der Waals surface area contributed by atoms with Crippen LogP contribution in [-0.2, 0) is 5.41 Å². The Morgan fingerprint density at radius 1 is 0.264 bits per heavy atom. The predicted octanol–water partition coefficient (Wildman–Crippen LogP) is 14.8. The van der Waals surface area contributed by atoms with E-state index in [1.807, 2.05) is 0 Å². The van der Waals surface area contributed by atoms with Gasteiger partial charge in [-0.05, 0) is 128 Å². The summed E-state index contributed by atoms with van der Waals surface area (Å²) in [6, 6.07) is 67.9. The normalized spacial score (nSPS) is 13.2. The summed E-state index contributed by atoms with van der Waals surface area (Å²) in [5.41, 5.74) is 12.9. The zero-order valence-corrected chi connectivity index (χ0v) is 29.8. The smallest absolute Gasteiger partial charge is 0.0159 e. The van der Waals surface area contributed by atoms with E-state index < -0.39 is 0 Å². The van der Waals surface area contributed by atoms with Gasteiger partial charge in [0.1, 0.15) is 0 Å². The van der Waals surface area contributed by atoms with Gasteiger partial charge in [-0.1, -0.05) is 178 Å². The molecule has 10 aromatic rings. The molecule has 0 aromatic heterocycles. The van der Waals surface area contributed by atoms with E-state index in [0.717, 1.165) is 0 Å². The second kappa shape index (κ2) is 11.2. The van der Waals surface area contributed by atoms with Crippen molar-refractivity contribution in [1.29, 1.82) is 0 Å². The lowest BCUT2D eigenvalue weighted by Gasteiger charge is -2.22. The highest BCUT2D eigenvalue weighted by Gasteiger charge is 2.35. The van der Waals surface area contributed by atoms with Crippen molar-refractivity contribution in [3.63, 3.8) is 0 Å². The molecule has 0 amide bonds. The molecule has 1 aliphatic rings. The van der Waals surface area contributed by atoms with Gasteiger partial charge in [0.2, 0.25) is 0 Å². The molecule has 11 rings (SSSR count). The minimum atomic E-state index is -0.0516. The van der Waals surface area contributed by atoms with Gasteiger partial charge in [0, 0.05) is 5.41 Å². The predicted molar refractivity (Wildman–Crippen MR) is 228 cm³/mol. The van der Waals surface area contributed by atoms with Crippen molar-refractivity contribution in [2.45, 2.75) is 19.3 Å². The van der Waals surface area contributed by atoms with Gasteiger partial charge >= 0.3 is 0 Å². The van der Waals surface area contributed by atoms with Gasteiger partial charge < -0.3 is 0 Å². The molecule has 248 valence electrons. The van der Waals surface area contributed by atoms with Crippen molar-refractivity contribution in [1.82, 2.24) is 0 Å². The summed E-state index contributed by atoms with van der Waals surface area (Å²) >= 11 is 0. The average molecular weight is 673 g/mol. The Kier molecular flexibility index (Phi) is 6.40. The number of benzene rings is 10.